The number of carbonyl (C=O) groups excluding carboxylic acids is 1. The van der Waals surface area contributed by atoms with Gasteiger partial charge in [-0.05, 0) is 37.9 Å². The molecule has 0 aromatic carbocycles. The number of carbonyl (C=O) groups is 1. The molecule has 0 saturated carbocycles. The van der Waals surface area contributed by atoms with E-state index >= 15 is 0 Å². The van der Waals surface area contributed by atoms with Gasteiger partial charge in [-0.3, -0.25) is 9.59 Å². The van der Waals surface area contributed by atoms with E-state index in [4.69, 9.17) is 9.15 Å². The molecule has 164 valence electrons. The van der Waals surface area contributed by atoms with E-state index in [2.05, 4.69) is 18.7 Å². The van der Waals surface area contributed by atoms with Crippen LogP contribution in [0.15, 0.2) is 33.7 Å². The minimum atomic E-state index is -0.238. The quantitative estimate of drug-likeness (QED) is 0.695. The van der Waals surface area contributed by atoms with Crippen LogP contribution in [0.3, 0.4) is 0 Å². The van der Waals surface area contributed by atoms with Crippen LogP contribution in [0.5, 0.6) is 5.75 Å². The number of nitrogens with zero attached hydrogens (tertiary/aromatic N) is 3. The number of pyridine rings is 1. The third-order valence-corrected chi connectivity index (χ3v) is 6.00. The molecule has 0 N–H and O–H groups in total. The molecule has 0 aliphatic carbocycles. The van der Waals surface area contributed by atoms with Crippen LogP contribution >= 0.6 is 0 Å². The van der Waals surface area contributed by atoms with Crippen LogP contribution in [0.25, 0.3) is 0 Å². The molecular weight excluding hydrogens is 382 g/mol. The van der Waals surface area contributed by atoms with Gasteiger partial charge in [0.25, 0.3) is 11.5 Å². The van der Waals surface area contributed by atoms with Crippen molar-refractivity contribution in [2.75, 3.05) is 33.8 Å². The lowest BCUT2D eigenvalue weighted by atomic mass is 10.1. The molecule has 2 aromatic heterocycles. The van der Waals surface area contributed by atoms with Crippen molar-refractivity contribution in [3.8, 4) is 5.75 Å². The van der Waals surface area contributed by atoms with Gasteiger partial charge in [0.1, 0.15) is 17.1 Å². The number of furan rings is 1. The third-order valence-electron chi connectivity index (χ3n) is 6.00. The van der Waals surface area contributed by atoms with Gasteiger partial charge in [-0.25, -0.2) is 0 Å². The Kier molecular flexibility index (Phi) is 7.02. The van der Waals surface area contributed by atoms with Crippen LogP contribution in [-0.2, 0) is 13.0 Å². The summed E-state index contributed by atoms with van der Waals surface area (Å²) >= 11 is 0. The number of fused-ring (bicyclic) bond motifs is 1. The molecule has 30 heavy (non-hydrogen) atoms. The monoisotopic (exact) mass is 415 g/mol. The second-order valence-corrected chi connectivity index (χ2v) is 8.41. The number of methoxy groups -OCH3 is 1. The normalized spacial score (nSPS) is 15.5. The fraction of sp³-hybridized carbons (Fsp3) is 0.565. The van der Waals surface area contributed by atoms with Crippen molar-refractivity contribution in [2.24, 2.45) is 5.92 Å². The number of aromatic nitrogens is 1. The molecule has 3 heterocycles. The Labute approximate surface area is 178 Å². The summed E-state index contributed by atoms with van der Waals surface area (Å²) in [5, 5.41) is 0. The second kappa shape index (κ2) is 9.51. The highest BCUT2D eigenvalue weighted by Gasteiger charge is 2.29. The predicted octanol–water partition coefficient (Wildman–Crippen LogP) is 3.19. The lowest BCUT2D eigenvalue weighted by Gasteiger charge is -2.26. The molecule has 1 amide bonds. The first kappa shape index (κ1) is 22.2. The second-order valence-electron chi connectivity index (χ2n) is 8.41. The Bertz CT molecular complexity index is 917. The maximum Gasteiger partial charge on any atom is 0.259 e. The Morgan fingerprint density at radius 1 is 1.27 bits per heavy atom. The summed E-state index contributed by atoms with van der Waals surface area (Å²) in [6.45, 7) is 9.55. The summed E-state index contributed by atoms with van der Waals surface area (Å²) in [5.41, 5.74) is 1.12. The summed E-state index contributed by atoms with van der Waals surface area (Å²) in [6, 6.07) is 4.86. The minimum absolute atomic E-state index is 0.120. The first-order chi connectivity index (χ1) is 14.3. The first-order valence-electron chi connectivity index (χ1n) is 10.7. The summed E-state index contributed by atoms with van der Waals surface area (Å²) < 4.78 is 12.7. The first-order valence-corrected chi connectivity index (χ1v) is 10.7. The van der Waals surface area contributed by atoms with E-state index in [0.717, 1.165) is 31.7 Å². The maximum atomic E-state index is 13.5. The highest BCUT2D eigenvalue weighted by atomic mass is 16.5. The van der Waals surface area contributed by atoms with Crippen molar-refractivity contribution >= 4 is 5.91 Å². The van der Waals surface area contributed by atoms with Gasteiger partial charge in [0.05, 0.1) is 19.4 Å². The fourth-order valence-electron chi connectivity index (χ4n) is 3.92. The van der Waals surface area contributed by atoms with Gasteiger partial charge in [-0.2, -0.15) is 0 Å². The van der Waals surface area contributed by atoms with Gasteiger partial charge in [0, 0.05) is 44.9 Å². The molecule has 0 unspecified atom stereocenters. The van der Waals surface area contributed by atoms with Crippen LogP contribution in [-0.4, -0.2) is 54.1 Å². The van der Waals surface area contributed by atoms with Crippen molar-refractivity contribution in [1.82, 2.24) is 14.4 Å². The van der Waals surface area contributed by atoms with E-state index in [1.165, 1.54) is 13.2 Å². The number of hydrogen-bond donors (Lipinski definition) is 0. The van der Waals surface area contributed by atoms with Crippen LogP contribution in [0.1, 0.15) is 55.0 Å². The Hall–Kier alpha value is -2.54. The van der Waals surface area contributed by atoms with E-state index in [0.29, 0.717) is 36.0 Å². The van der Waals surface area contributed by atoms with Gasteiger partial charge in [-0.1, -0.05) is 13.8 Å². The SMILES string of the molecule is COc1cc(=O)n2c(c1C(=O)N(C)[C@@H](C)c1ccco1)CCN(CCC(C)C)CC2. The van der Waals surface area contributed by atoms with Crippen molar-refractivity contribution in [2.45, 2.75) is 46.2 Å². The van der Waals surface area contributed by atoms with E-state index in [1.54, 1.807) is 22.8 Å². The molecule has 3 rings (SSSR count). The van der Waals surface area contributed by atoms with Crippen LogP contribution in [0, 0.1) is 5.92 Å². The summed E-state index contributed by atoms with van der Waals surface area (Å²) in [4.78, 5) is 30.3. The number of ether oxygens (including phenoxy) is 1. The predicted molar refractivity (Wildman–Crippen MR) is 116 cm³/mol. The molecule has 1 aliphatic heterocycles. The number of amides is 1. The van der Waals surface area contributed by atoms with Crippen molar-refractivity contribution < 1.29 is 13.9 Å². The average Bonchev–Trinajstić information content (AvgIpc) is 3.18. The van der Waals surface area contributed by atoms with Crippen LogP contribution < -0.4 is 10.3 Å². The van der Waals surface area contributed by atoms with Gasteiger partial charge >= 0.3 is 0 Å². The van der Waals surface area contributed by atoms with Gasteiger partial charge < -0.3 is 23.5 Å². The molecule has 1 aliphatic rings. The van der Waals surface area contributed by atoms with Crippen LogP contribution in [0.4, 0.5) is 0 Å². The Morgan fingerprint density at radius 2 is 2.03 bits per heavy atom. The van der Waals surface area contributed by atoms with Crippen molar-refractivity contribution in [1.29, 1.82) is 0 Å². The largest absolute Gasteiger partial charge is 0.496 e. The lowest BCUT2D eigenvalue weighted by molar-refractivity contribution is 0.0720. The standard InChI is InChI=1S/C23H33N3O4/c1-16(2)8-10-25-11-9-18-22(20(29-5)15-21(27)26(18)13-12-25)23(28)24(4)17(3)19-7-6-14-30-19/h6-7,14-17H,8-13H2,1-5H3/t17-/m0/s1. The highest BCUT2D eigenvalue weighted by molar-refractivity contribution is 5.98. The molecule has 0 radical (unpaired) electrons. The Balaban J connectivity index is 1.94. The summed E-state index contributed by atoms with van der Waals surface area (Å²) in [7, 11) is 3.26. The number of rotatable bonds is 7. The number of hydrogen-bond acceptors (Lipinski definition) is 5. The van der Waals surface area contributed by atoms with Gasteiger partial charge in [0.2, 0.25) is 0 Å². The van der Waals surface area contributed by atoms with E-state index in [9.17, 15) is 9.59 Å². The van der Waals surface area contributed by atoms with E-state index < -0.39 is 0 Å². The molecule has 7 heteroatoms. The Morgan fingerprint density at radius 3 is 2.67 bits per heavy atom. The molecule has 2 aromatic rings. The molecule has 0 saturated heterocycles. The topological polar surface area (TPSA) is 67.9 Å². The van der Waals surface area contributed by atoms with E-state index in [1.807, 2.05) is 19.1 Å². The molecular formula is C23H33N3O4. The summed E-state index contributed by atoms with van der Waals surface area (Å²) in [5.74, 6) is 1.51. The van der Waals surface area contributed by atoms with Gasteiger partial charge in [0.15, 0.2) is 0 Å². The molecule has 0 spiro atoms. The summed E-state index contributed by atoms with van der Waals surface area (Å²) in [6.07, 6.45) is 3.35. The maximum absolute atomic E-state index is 13.5. The van der Waals surface area contributed by atoms with Gasteiger partial charge in [-0.15, -0.1) is 0 Å². The zero-order valence-electron chi connectivity index (χ0n) is 18.7. The lowest BCUT2D eigenvalue weighted by Crippen LogP contribution is -2.34. The van der Waals surface area contributed by atoms with Crippen molar-refractivity contribution in [3.63, 3.8) is 0 Å². The molecule has 0 fully saturated rings. The smallest absolute Gasteiger partial charge is 0.259 e. The zero-order chi connectivity index (χ0) is 21.8. The van der Waals surface area contributed by atoms with E-state index in [-0.39, 0.29) is 17.5 Å². The molecule has 1 atom stereocenters. The minimum Gasteiger partial charge on any atom is -0.496 e. The third kappa shape index (κ3) is 4.61. The fourth-order valence-corrected chi connectivity index (χ4v) is 3.92. The molecule has 7 nitrogen and oxygen atoms in total. The highest BCUT2D eigenvalue weighted by Crippen LogP contribution is 2.28. The molecule has 0 bridgehead atoms. The van der Waals surface area contributed by atoms with Crippen LogP contribution in [0.2, 0.25) is 0 Å². The zero-order valence-corrected chi connectivity index (χ0v) is 18.7. The average molecular weight is 416 g/mol. The van der Waals surface area contributed by atoms with Crippen molar-refractivity contribution in [3.05, 3.63) is 51.8 Å².